The first-order valence-corrected chi connectivity index (χ1v) is 8.70. The first-order chi connectivity index (χ1) is 9.54. The van der Waals surface area contributed by atoms with E-state index in [9.17, 15) is 4.79 Å². The van der Waals surface area contributed by atoms with Crippen LogP contribution >= 0.6 is 34.2 Å². The van der Waals surface area contributed by atoms with Gasteiger partial charge in [-0.2, -0.15) is 0 Å². The van der Waals surface area contributed by atoms with Crippen LogP contribution in [0, 0.1) is 21.3 Å². The lowest BCUT2D eigenvalue weighted by atomic mass is 9.88. The third-order valence-corrected chi connectivity index (χ3v) is 6.48. The van der Waals surface area contributed by atoms with Crippen LogP contribution in [0.25, 0.3) is 0 Å². The minimum atomic E-state index is 0.0890. The number of carbonyl (C=O) groups excluding carboxylic acids is 1. The van der Waals surface area contributed by atoms with Crippen molar-refractivity contribution >= 4 is 40.1 Å². The van der Waals surface area contributed by atoms with Crippen molar-refractivity contribution in [1.29, 1.82) is 0 Å². The van der Waals surface area contributed by atoms with E-state index in [2.05, 4.69) is 22.6 Å². The Balaban J connectivity index is 1.65. The normalized spacial score (nSPS) is 27.9. The molecule has 2 aliphatic rings. The summed E-state index contributed by atoms with van der Waals surface area (Å²) in [4.78, 5) is 14.3. The summed E-state index contributed by atoms with van der Waals surface area (Å²) in [5.74, 6) is 2.59. The Hall–Kier alpha value is -0.290. The highest BCUT2D eigenvalue weighted by Crippen LogP contribution is 2.48. The molecular formula is C16H19ClINO. The van der Waals surface area contributed by atoms with Gasteiger partial charge < -0.3 is 4.90 Å². The van der Waals surface area contributed by atoms with Gasteiger partial charge in [0, 0.05) is 22.7 Å². The van der Waals surface area contributed by atoms with E-state index in [4.69, 9.17) is 11.6 Å². The Morgan fingerprint density at radius 2 is 2.20 bits per heavy atom. The van der Waals surface area contributed by atoms with Gasteiger partial charge in [-0.05, 0) is 77.8 Å². The van der Waals surface area contributed by atoms with Crippen LogP contribution in [-0.2, 0) is 0 Å². The predicted octanol–water partition coefficient (Wildman–Crippen LogP) is 4.45. The number of fused-ring (bicyclic) bond motifs is 2. The van der Waals surface area contributed by atoms with Gasteiger partial charge in [0.15, 0.2) is 0 Å². The zero-order chi connectivity index (χ0) is 14.3. The van der Waals surface area contributed by atoms with E-state index in [1.807, 2.05) is 24.1 Å². The van der Waals surface area contributed by atoms with Crippen LogP contribution in [0.2, 0.25) is 5.02 Å². The predicted molar refractivity (Wildman–Crippen MR) is 90.1 cm³/mol. The maximum absolute atomic E-state index is 12.5. The molecule has 2 fully saturated rings. The topological polar surface area (TPSA) is 20.3 Å². The molecule has 1 amide bonds. The van der Waals surface area contributed by atoms with Crippen molar-refractivity contribution in [3.05, 3.63) is 32.4 Å². The highest BCUT2D eigenvalue weighted by molar-refractivity contribution is 14.1. The highest BCUT2D eigenvalue weighted by atomic mass is 127. The van der Waals surface area contributed by atoms with Crippen LogP contribution in [0.1, 0.15) is 36.0 Å². The second kappa shape index (κ2) is 5.84. The average molecular weight is 404 g/mol. The molecule has 3 rings (SSSR count). The fraction of sp³-hybridized carbons (Fsp3) is 0.562. The number of hydrogen-bond acceptors (Lipinski definition) is 1. The molecular weight excluding hydrogens is 385 g/mol. The Morgan fingerprint density at radius 3 is 2.80 bits per heavy atom. The van der Waals surface area contributed by atoms with Crippen LogP contribution in [0.3, 0.4) is 0 Å². The van der Waals surface area contributed by atoms with E-state index >= 15 is 0 Å². The molecule has 2 aliphatic carbocycles. The number of halogens is 2. The third kappa shape index (κ3) is 2.84. The number of amides is 1. The van der Waals surface area contributed by atoms with Gasteiger partial charge in [-0.25, -0.2) is 0 Å². The molecule has 2 saturated carbocycles. The molecule has 4 heteroatoms. The van der Waals surface area contributed by atoms with Crippen molar-refractivity contribution in [2.24, 2.45) is 17.8 Å². The molecule has 3 unspecified atom stereocenters. The largest absolute Gasteiger partial charge is 0.341 e. The molecule has 0 spiro atoms. The molecule has 108 valence electrons. The summed E-state index contributed by atoms with van der Waals surface area (Å²) < 4.78 is 0.983. The SMILES string of the molecule is CN(CC1CC2CCC1C2)C(=O)c1ccc(I)c(Cl)c1. The van der Waals surface area contributed by atoms with Gasteiger partial charge in [0.25, 0.3) is 5.91 Å². The van der Waals surface area contributed by atoms with Crippen LogP contribution < -0.4 is 0 Å². The second-order valence-electron chi connectivity index (χ2n) is 6.25. The van der Waals surface area contributed by atoms with Gasteiger partial charge in [0.2, 0.25) is 0 Å². The third-order valence-electron chi connectivity index (χ3n) is 4.91. The molecule has 0 heterocycles. The molecule has 2 bridgehead atoms. The highest BCUT2D eigenvalue weighted by Gasteiger charge is 2.40. The Kier molecular flexibility index (Phi) is 4.27. The first-order valence-electron chi connectivity index (χ1n) is 7.25. The Morgan fingerprint density at radius 1 is 1.40 bits per heavy atom. The molecule has 0 aromatic heterocycles. The molecule has 0 N–H and O–H groups in total. The molecule has 0 radical (unpaired) electrons. The van der Waals surface area contributed by atoms with E-state index in [1.54, 1.807) is 6.07 Å². The van der Waals surface area contributed by atoms with E-state index in [1.165, 1.54) is 25.7 Å². The van der Waals surface area contributed by atoms with Crippen molar-refractivity contribution in [2.75, 3.05) is 13.6 Å². The fourth-order valence-electron chi connectivity index (χ4n) is 3.88. The van der Waals surface area contributed by atoms with Crippen LogP contribution in [-0.4, -0.2) is 24.4 Å². The molecule has 1 aromatic rings. The van der Waals surface area contributed by atoms with Crippen molar-refractivity contribution in [1.82, 2.24) is 4.90 Å². The number of rotatable bonds is 3. The van der Waals surface area contributed by atoms with Gasteiger partial charge in [0.05, 0.1) is 5.02 Å². The van der Waals surface area contributed by atoms with E-state index < -0.39 is 0 Å². The average Bonchev–Trinajstić information content (AvgIpc) is 3.03. The smallest absolute Gasteiger partial charge is 0.253 e. The lowest BCUT2D eigenvalue weighted by molar-refractivity contribution is 0.0754. The van der Waals surface area contributed by atoms with Gasteiger partial charge >= 0.3 is 0 Å². The van der Waals surface area contributed by atoms with Gasteiger partial charge in [-0.1, -0.05) is 18.0 Å². The zero-order valence-electron chi connectivity index (χ0n) is 11.6. The molecule has 0 saturated heterocycles. The Labute approximate surface area is 139 Å². The molecule has 1 aromatic carbocycles. The standard InChI is InChI=1S/C16H19ClINO/c1-19(9-13-7-10-2-3-11(13)6-10)16(20)12-4-5-15(18)14(17)8-12/h4-5,8,10-11,13H,2-3,6-7,9H2,1H3. The Bertz CT molecular complexity index is 533. The summed E-state index contributed by atoms with van der Waals surface area (Å²) in [7, 11) is 1.92. The van der Waals surface area contributed by atoms with Crippen molar-refractivity contribution in [3.8, 4) is 0 Å². The second-order valence-corrected chi connectivity index (χ2v) is 7.82. The summed E-state index contributed by atoms with van der Waals surface area (Å²) in [6.07, 6.45) is 5.48. The molecule has 3 atom stereocenters. The van der Waals surface area contributed by atoms with Gasteiger partial charge in [0.1, 0.15) is 0 Å². The molecule has 20 heavy (non-hydrogen) atoms. The maximum Gasteiger partial charge on any atom is 0.253 e. The summed E-state index contributed by atoms with van der Waals surface area (Å²) >= 11 is 8.28. The molecule has 2 nitrogen and oxygen atoms in total. The van der Waals surface area contributed by atoms with Crippen molar-refractivity contribution < 1.29 is 4.79 Å². The van der Waals surface area contributed by atoms with Gasteiger partial charge in [-0.3, -0.25) is 4.79 Å². The summed E-state index contributed by atoms with van der Waals surface area (Å²) in [5, 5.41) is 0.657. The monoisotopic (exact) mass is 403 g/mol. The van der Waals surface area contributed by atoms with E-state index in [-0.39, 0.29) is 5.91 Å². The number of carbonyl (C=O) groups is 1. The lowest BCUT2D eigenvalue weighted by Crippen LogP contribution is -2.33. The number of hydrogen-bond donors (Lipinski definition) is 0. The number of nitrogens with zero attached hydrogens (tertiary/aromatic N) is 1. The fourth-order valence-corrected chi connectivity index (χ4v) is 4.40. The van der Waals surface area contributed by atoms with Crippen LogP contribution in [0.15, 0.2) is 18.2 Å². The summed E-state index contributed by atoms with van der Waals surface area (Å²) in [6, 6.07) is 5.55. The lowest BCUT2D eigenvalue weighted by Gasteiger charge is -2.27. The quantitative estimate of drug-likeness (QED) is 0.683. The van der Waals surface area contributed by atoms with Crippen LogP contribution in [0.4, 0.5) is 0 Å². The van der Waals surface area contributed by atoms with Crippen LogP contribution in [0.5, 0.6) is 0 Å². The minimum absolute atomic E-state index is 0.0890. The first kappa shape index (κ1) is 14.6. The van der Waals surface area contributed by atoms with Gasteiger partial charge in [-0.15, -0.1) is 0 Å². The maximum atomic E-state index is 12.5. The van der Waals surface area contributed by atoms with Crippen molar-refractivity contribution in [2.45, 2.75) is 25.7 Å². The minimum Gasteiger partial charge on any atom is -0.341 e. The summed E-state index contributed by atoms with van der Waals surface area (Å²) in [6.45, 7) is 0.892. The van der Waals surface area contributed by atoms with Crippen molar-refractivity contribution in [3.63, 3.8) is 0 Å². The molecule has 0 aliphatic heterocycles. The van der Waals surface area contributed by atoms with E-state index in [0.29, 0.717) is 16.5 Å². The van der Waals surface area contributed by atoms with E-state index in [0.717, 1.165) is 22.0 Å². The summed E-state index contributed by atoms with van der Waals surface area (Å²) in [5.41, 5.74) is 0.695. The number of benzene rings is 1. The zero-order valence-corrected chi connectivity index (χ0v) is 14.5.